The van der Waals surface area contributed by atoms with Crippen LogP contribution in [0.5, 0.6) is 0 Å². The van der Waals surface area contributed by atoms with E-state index < -0.39 is 12.7 Å². The SMILES string of the molecule is CCNC(=NCc1ccc(CN2CCOCC2)cc1)NC1CCN(CC(F)(F)F)C1.I. The van der Waals surface area contributed by atoms with Gasteiger partial charge in [0.05, 0.1) is 26.3 Å². The van der Waals surface area contributed by atoms with Gasteiger partial charge in [-0.05, 0) is 24.5 Å². The zero-order valence-electron chi connectivity index (χ0n) is 18.0. The molecule has 176 valence electrons. The molecule has 0 aliphatic carbocycles. The lowest BCUT2D eigenvalue weighted by Gasteiger charge is -2.26. The monoisotopic (exact) mass is 555 g/mol. The third kappa shape index (κ3) is 9.50. The van der Waals surface area contributed by atoms with E-state index in [4.69, 9.17) is 4.74 Å². The number of likely N-dealkylation sites (tertiary alicyclic amines) is 1. The quantitative estimate of drug-likeness (QED) is 0.308. The van der Waals surface area contributed by atoms with E-state index in [1.807, 2.05) is 6.92 Å². The van der Waals surface area contributed by atoms with Gasteiger partial charge in [-0.25, -0.2) is 4.99 Å². The number of nitrogens with zero attached hydrogens (tertiary/aromatic N) is 3. The summed E-state index contributed by atoms with van der Waals surface area (Å²) < 4.78 is 43.1. The number of hydrogen-bond acceptors (Lipinski definition) is 4. The Morgan fingerprint density at radius 2 is 1.77 bits per heavy atom. The molecule has 2 heterocycles. The van der Waals surface area contributed by atoms with Crippen LogP contribution in [0.15, 0.2) is 29.3 Å². The number of guanidine groups is 1. The van der Waals surface area contributed by atoms with E-state index in [1.54, 1.807) is 0 Å². The Kier molecular flexibility index (Phi) is 10.8. The van der Waals surface area contributed by atoms with Crippen molar-refractivity contribution in [1.29, 1.82) is 0 Å². The second-order valence-corrected chi connectivity index (χ2v) is 7.88. The van der Waals surface area contributed by atoms with Crippen molar-refractivity contribution in [3.05, 3.63) is 35.4 Å². The number of halogens is 4. The Morgan fingerprint density at radius 1 is 1.10 bits per heavy atom. The molecule has 2 fully saturated rings. The third-order valence-corrected chi connectivity index (χ3v) is 5.31. The highest BCUT2D eigenvalue weighted by molar-refractivity contribution is 14.0. The van der Waals surface area contributed by atoms with Crippen molar-refractivity contribution in [2.24, 2.45) is 4.99 Å². The van der Waals surface area contributed by atoms with E-state index in [9.17, 15) is 13.2 Å². The number of hydrogen-bond donors (Lipinski definition) is 2. The van der Waals surface area contributed by atoms with Crippen molar-refractivity contribution in [2.45, 2.75) is 38.7 Å². The summed E-state index contributed by atoms with van der Waals surface area (Å²) in [5.41, 5.74) is 2.37. The average molecular weight is 555 g/mol. The Labute approximate surface area is 199 Å². The fourth-order valence-corrected chi connectivity index (χ4v) is 3.80. The summed E-state index contributed by atoms with van der Waals surface area (Å²) in [5, 5.41) is 6.47. The number of benzene rings is 1. The Hall–Kier alpha value is -1.11. The summed E-state index contributed by atoms with van der Waals surface area (Å²) in [6, 6.07) is 8.41. The topological polar surface area (TPSA) is 52.1 Å². The molecule has 1 atom stereocenters. The molecule has 3 rings (SSSR count). The Bertz CT molecular complexity index is 681. The zero-order valence-corrected chi connectivity index (χ0v) is 20.3. The third-order valence-electron chi connectivity index (χ3n) is 5.31. The maximum atomic E-state index is 12.6. The molecule has 0 radical (unpaired) electrons. The van der Waals surface area contributed by atoms with Crippen molar-refractivity contribution in [3.8, 4) is 0 Å². The van der Waals surface area contributed by atoms with Gasteiger partial charge in [-0.15, -0.1) is 24.0 Å². The van der Waals surface area contributed by atoms with Crippen molar-refractivity contribution in [1.82, 2.24) is 20.4 Å². The van der Waals surface area contributed by atoms with Crippen LogP contribution in [0.2, 0.25) is 0 Å². The largest absolute Gasteiger partial charge is 0.401 e. The first kappa shape index (κ1) is 26.1. The number of ether oxygens (including phenoxy) is 1. The molecule has 2 saturated heterocycles. The summed E-state index contributed by atoms with van der Waals surface area (Å²) in [7, 11) is 0. The van der Waals surface area contributed by atoms with Crippen LogP contribution < -0.4 is 10.6 Å². The van der Waals surface area contributed by atoms with Gasteiger partial charge in [-0.2, -0.15) is 13.2 Å². The van der Waals surface area contributed by atoms with E-state index in [-0.39, 0.29) is 30.0 Å². The van der Waals surface area contributed by atoms with Crippen molar-refractivity contribution < 1.29 is 17.9 Å². The van der Waals surface area contributed by atoms with Gasteiger partial charge in [0.25, 0.3) is 0 Å². The molecule has 6 nitrogen and oxygen atoms in total. The molecule has 2 aliphatic heterocycles. The van der Waals surface area contributed by atoms with Crippen LogP contribution in [-0.4, -0.2) is 80.5 Å². The standard InChI is InChI=1S/C21H32F3N5O.HI/c1-2-25-20(27-19-7-8-29(15-19)16-21(22,23)24)26-13-17-3-5-18(6-4-17)14-28-9-11-30-12-10-28;/h3-6,19H,2,7-16H2,1H3,(H2,25,26,27);1H. The second-order valence-electron chi connectivity index (χ2n) is 7.88. The fourth-order valence-electron chi connectivity index (χ4n) is 3.80. The molecule has 2 aliphatic rings. The smallest absolute Gasteiger partial charge is 0.379 e. The molecule has 2 N–H and O–H groups in total. The number of morpholine rings is 1. The molecule has 0 aromatic heterocycles. The summed E-state index contributed by atoms with van der Waals surface area (Å²) in [6.07, 6.45) is -3.47. The lowest BCUT2D eigenvalue weighted by Crippen LogP contribution is -2.45. The van der Waals surface area contributed by atoms with Gasteiger partial charge in [0, 0.05) is 45.3 Å². The molecular formula is C21H33F3IN5O. The first-order valence-corrected chi connectivity index (χ1v) is 10.6. The van der Waals surface area contributed by atoms with Crippen LogP contribution in [0.3, 0.4) is 0 Å². The van der Waals surface area contributed by atoms with E-state index in [2.05, 4.69) is 44.8 Å². The summed E-state index contributed by atoms with van der Waals surface area (Å²) in [6.45, 7) is 7.60. The molecule has 10 heteroatoms. The van der Waals surface area contributed by atoms with E-state index in [0.29, 0.717) is 38.6 Å². The van der Waals surface area contributed by atoms with Gasteiger partial charge in [0.1, 0.15) is 0 Å². The van der Waals surface area contributed by atoms with Gasteiger partial charge in [0.2, 0.25) is 0 Å². The Balaban J connectivity index is 0.00000341. The fraction of sp³-hybridized carbons (Fsp3) is 0.667. The lowest BCUT2D eigenvalue weighted by molar-refractivity contribution is -0.143. The van der Waals surface area contributed by atoms with Gasteiger partial charge < -0.3 is 15.4 Å². The van der Waals surface area contributed by atoms with Crippen LogP contribution in [-0.2, 0) is 17.8 Å². The molecule has 1 aromatic carbocycles. The Morgan fingerprint density at radius 3 is 2.42 bits per heavy atom. The number of rotatable bonds is 7. The minimum absolute atomic E-state index is 0. The van der Waals surface area contributed by atoms with E-state index in [1.165, 1.54) is 10.5 Å². The zero-order chi connectivity index (χ0) is 21.4. The van der Waals surface area contributed by atoms with Crippen LogP contribution in [0, 0.1) is 0 Å². The minimum Gasteiger partial charge on any atom is -0.379 e. The minimum atomic E-state index is -4.15. The van der Waals surface area contributed by atoms with Gasteiger partial charge in [-0.3, -0.25) is 9.80 Å². The van der Waals surface area contributed by atoms with Gasteiger partial charge in [0.15, 0.2) is 5.96 Å². The predicted octanol–water partition coefficient (Wildman–Crippen LogP) is 2.83. The molecule has 0 bridgehead atoms. The first-order chi connectivity index (χ1) is 14.4. The van der Waals surface area contributed by atoms with Crippen LogP contribution in [0.1, 0.15) is 24.5 Å². The van der Waals surface area contributed by atoms with Crippen LogP contribution in [0.25, 0.3) is 0 Å². The van der Waals surface area contributed by atoms with E-state index in [0.717, 1.165) is 38.4 Å². The number of nitrogens with one attached hydrogen (secondary N) is 2. The number of aliphatic imine (C=N–C) groups is 1. The maximum absolute atomic E-state index is 12.6. The van der Waals surface area contributed by atoms with Crippen molar-refractivity contribution in [2.75, 3.05) is 52.5 Å². The highest BCUT2D eigenvalue weighted by atomic mass is 127. The van der Waals surface area contributed by atoms with Crippen LogP contribution >= 0.6 is 24.0 Å². The van der Waals surface area contributed by atoms with Crippen molar-refractivity contribution in [3.63, 3.8) is 0 Å². The predicted molar refractivity (Wildman–Crippen MR) is 127 cm³/mol. The average Bonchev–Trinajstić information content (AvgIpc) is 3.13. The summed E-state index contributed by atoms with van der Waals surface area (Å²) >= 11 is 0. The van der Waals surface area contributed by atoms with E-state index >= 15 is 0 Å². The molecule has 0 saturated carbocycles. The number of alkyl halides is 3. The summed E-state index contributed by atoms with van der Waals surface area (Å²) in [5.74, 6) is 0.647. The lowest BCUT2D eigenvalue weighted by atomic mass is 10.1. The van der Waals surface area contributed by atoms with Crippen LogP contribution in [0.4, 0.5) is 13.2 Å². The normalized spacial score (nSPS) is 21.0. The first-order valence-electron chi connectivity index (χ1n) is 10.6. The molecule has 1 aromatic rings. The maximum Gasteiger partial charge on any atom is 0.401 e. The van der Waals surface area contributed by atoms with Gasteiger partial charge >= 0.3 is 6.18 Å². The molecular weight excluding hydrogens is 522 g/mol. The summed E-state index contributed by atoms with van der Waals surface area (Å²) in [4.78, 5) is 8.44. The molecule has 0 spiro atoms. The molecule has 1 unspecified atom stereocenters. The highest BCUT2D eigenvalue weighted by Crippen LogP contribution is 2.20. The molecule has 0 amide bonds. The molecule has 31 heavy (non-hydrogen) atoms. The highest BCUT2D eigenvalue weighted by Gasteiger charge is 2.34. The second kappa shape index (κ2) is 12.8. The van der Waals surface area contributed by atoms with Gasteiger partial charge in [-0.1, -0.05) is 24.3 Å². The van der Waals surface area contributed by atoms with Crippen molar-refractivity contribution >= 4 is 29.9 Å².